The second kappa shape index (κ2) is 6.77. The standard InChI is InChI=1S/C20H26N8O/c21-19-22-9-13(10-23-19)17-8-18(28-11-16-7-15(28)12-29-16)25-20(24-17)27-5-3-26(4-6-27)14-1-2-14/h8-10,14-16H,1-7,11-12H2,(H2,21,22,23). The van der Waals surface area contributed by atoms with Gasteiger partial charge >= 0.3 is 0 Å². The van der Waals surface area contributed by atoms with Gasteiger partial charge in [0.15, 0.2) is 0 Å². The lowest BCUT2D eigenvalue weighted by molar-refractivity contribution is 0.0989. The van der Waals surface area contributed by atoms with Crippen molar-refractivity contribution in [2.24, 2.45) is 0 Å². The monoisotopic (exact) mass is 394 g/mol. The number of nitrogen functional groups attached to an aromatic ring is 1. The van der Waals surface area contributed by atoms with Crippen LogP contribution in [0.15, 0.2) is 18.5 Å². The first-order valence-electron chi connectivity index (χ1n) is 10.6. The third-order valence-corrected chi connectivity index (χ3v) is 6.52. The number of aromatic nitrogens is 4. The quantitative estimate of drug-likeness (QED) is 0.807. The number of hydrogen-bond acceptors (Lipinski definition) is 9. The predicted molar refractivity (Wildman–Crippen MR) is 110 cm³/mol. The van der Waals surface area contributed by atoms with Crippen LogP contribution in [0.1, 0.15) is 19.3 Å². The summed E-state index contributed by atoms with van der Waals surface area (Å²) in [5.74, 6) is 2.05. The molecule has 2 aromatic rings. The van der Waals surface area contributed by atoms with Crippen molar-refractivity contribution in [2.75, 3.05) is 54.9 Å². The smallest absolute Gasteiger partial charge is 0.227 e. The highest BCUT2D eigenvalue weighted by Gasteiger charge is 2.40. The minimum absolute atomic E-state index is 0.272. The van der Waals surface area contributed by atoms with E-state index in [2.05, 4.69) is 30.7 Å². The maximum atomic E-state index is 5.78. The Morgan fingerprint density at radius 1 is 1.00 bits per heavy atom. The van der Waals surface area contributed by atoms with E-state index in [0.717, 1.165) is 74.8 Å². The average Bonchev–Trinajstić information content (AvgIpc) is 3.40. The fraction of sp³-hybridized carbons (Fsp3) is 0.600. The molecule has 4 aliphatic rings. The molecule has 29 heavy (non-hydrogen) atoms. The first-order chi connectivity index (χ1) is 14.2. The van der Waals surface area contributed by atoms with E-state index < -0.39 is 0 Å². The Morgan fingerprint density at radius 3 is 2.45 bits per heavy atom. The van der Waals surface area contributed by atoms with E-state index in [1.807, 2.05) is 0 Å². The number of ether oxygens (including phenoxy) is 1. The van der Waals surface area contributed by atoms with Crippen LogP contribution >= 0.6 is 0 Å². The maximum absolute atomic E-state index is 5.78. The van der Waals surface area contributed by atoms with Crippen molar-refractivity contribution in [3.05, 3.63) is 18.5 Å². The Balaban J connectivity index is 1.33. The van der Waals surface area contributed by atoms with E-state index >= 15 is 0 Å². The van der Waals surface area contributed by atoms with Crippen molar-refractivity contribution in [1.29, 1.82) is 0 Å². The van der Waals surface area contributed by atoms with Crippen molar-refractivity contribution in [2.45, 2.75) is 37.5 Å². The molecule has 0 amide bonds. The molecule has 2 aromatic heterocycles. The predicted octanol–water partition coefficient (Wildman–Crippen LogP) is 0.778. The first kappa shape index (κ1) is 17.3. The topological polar surface area (TPSA) is 96.5 Å². The van der Waals surface area contributed by atoms with Crippen LogP contribution in [0.4, 0.5) is 17.7 Å². The highest BCUT2D eigenvalue weighted by Crippen LogP contribution is 2.34. The summed E-state index contributed by atoms with van der Waals surface area (Å²) in [5.41, 5.74) is 7.38. The van der Waals surface area contributed by atoms with Gasteiger partial charge in [-0.15, -0.1) is 0 Å². The number of nitrogens with two attached hydrogens (primary N) is 1. The summed E-state index contributed by atoms with van der Waals surface area (Å²) in [7, 11) is 0. The van der Waals surface area contributed by atoms with Gasteiger partial charge in [-0.25, -0.2) is 15.0 Å². The SMILES string of the molecule is Nc1ncc(-c2cc(N3CC4CC3CO4)nc(N3CCN(C4CC4)CC3)n2)cn1. The Morgan fingerprint density at radius 2 is 1.79 bits per heavy atom. The van der Waals surface area contributed by atoms with Gasteiger partial charge in [0.05, 0.1) is 24.4 Å². The lowest BCUT2D eigenvalue weighted by Crippen LogP contribution is -2.48. The lowest BCUT2D eigenvalue weighted by atomic mass is 10.2. The molecule has 9 nitrogen and oxygen atoms in total. The van der Waals surface area contributed by atoms with Crippen molar-refractivity contribution in [3.8, 4) is 11.3 Å². The van der Waals surface area contributed by atoms with Crippen molar-refractivity contribution in [1.82, 2.24) is 24.8 Å². The van der Waals surface area contributed by atoms with Gasteiger partial charge in [-0.2, -0.15) is 4.98 Å². The van der Waals surface area contributed by atoms with Gasteiger partial charge in [0.25, 0.3) is 0 Å². The summed E-state index contributed by atoms with van der Waals surface area (Å²) in [6.45, 7) is 5.78. The summed E-state index contributed by atoms with van der Waals surface area (Å²) in [5, 5.41) is 0. The van der Waals surface area contributed by atoms with Crippen LogP contribution in [0.3, 0.4) is 0 Å². The molecule has 1 saturated carbocycles. The van der Waals surface area contributed by atoms with Gasteiger partial charge in [0.1, 0.15) is 5.82 Å². The molecule has 2 bridgehead atoms. The van der Waals surface area contributed by atoms with Crippen LogP contribution in [0.25, 0.3) is 11.3 Å². The highest BCUT2D eigenvalue weighted by molar-refractivity contribution is 5.64. The zero-order valence-electron chi connectivity index (χ0n) is 16.4. The number of anilines is 3. The summed E-state index contributed by atoms with van der Waals surface area (Å²) < 4.78 is 5.78. The Kier molecular flexibility index (Phi) is 4.05. The summed E-state index contributed by atoms with van der Waals surface area (Å²) in [6, 6.07) is 3.27. The zero-order chi connectivity index (χ0) is 19.4. The number of piperazine rings is 1. The summed E-state index contributed by atoms with van der Waals surface area (Å²) in [4.78, 5) is 25.5. The molecule has 0 spiro atoms. The second-order valence-corrected chi connectivity index (χ2v) is 8.49. The van der Waals surface area contributed by atoms with Crippen molar-refractivity contribution < 1.29 is 4.74 Å². The first-order valence-corrected chi connectivity index (χ1v) is 10.6. The normalized spacial score (nSPS) is 27.0. The molecule has 3 saturated heterocycles. The Hall–Kier alpha value is -2.52. The molecule has 2 atom stereocenters. The molecule has 5 heterocycles. The minimum Gasteiger partial charge on any atom is -0.374 e. The third kappa shape index (κ3) is 3.28. The molecule has 9 heteroatoms. The van der Waals surface area contributed by atoms with E-state index in [4.69, 9.17) is 20.4 Å². The molecule has 6 rings (SSSR count). The molecule has 152 valence electrons. The van der Waals surface area contributed by atoms with Gasteiger partial charge < -0.3 is 20.3 Å². The van der Waals surface area contributed by atoms with Gasteiger partial charge in [-0.1, -0.05) is 0 Å². The average molecular weight is 394 g/mol. The van der Waals surface area contributed by atoms with Gasteiger partial charge in [0, 0.05) is 62.8 Å². The minimum atomic E-state index is 0.272. The number of rotatable bonds is 4. The molecule has 3 aliphatic heterocycles. The van der Waals surface area contributed by atoms with E-state index in [1.54, 1.807) is 12.4 Å². The molecule has 2 unspecified atom stereocenters. The van der Waals surface area contributed by atoms with E-state index in [1.165, 1.54) is 12.8 Å². The fourth-order valence-electron chi connectivity index (χ4n) is 4.74. The van der Waals surface area contributed by atoms with Crippen LogP contribution in [-0.2, 0) is 4.74 Å². The van der Waals surface area contributed by atoms with Crippen LogP contribution in [0.2, 0.25) is 0 Å². The van der Waals surface area contributed by atoms with Crippen molar-refractivity contribution in [3.63, 3.8) is 0 Å². The Labute approximate surface area is 169 Å². The van der Waals surface area contributed by atoms with Crippen LogP contribution in [0, 0.1) is 0 Å². The molecule has 0 aromatic carbocycles. The van der Waals surface area contributed by atoms with Gasteiger partial charge in [0.2, 0.25) is 11.9 Å². The lowest BCUT2D eigenvalue weighted by Gasteiger charge is -2.35. The van der Waals surface area contributed by atoms with Crippen LogP contribution < -0.4 is 15.5 Å². The van der Waals surface area contributed by atoms with E-state index in [-0.39, 0.29) is 5.95 Å². The van der Waals surface area contributed by atoms with Crippen LogP contribution in [0.5, 0.6) is 0 Å². The number of fused-ring (bicyclic) bond motifs is 2. The van der Waals surface area contributed by atoms with Crippen LogP contribution in [-0.4, -0.2) is 82.4 Å². The maximum Gasteiger partial charge on any atom is 0.227 e. The van der Waals surface area contributed by atoms with E-state index in [9.17, 15) is 0 Å². The zero-order valence-corrected chi connectivity index (χ0v) is 16.4. The highest BCUT2D eigenvalue weighted by atomic mass is 16.5. The molecule has 1 aliphatic carbocycles. The Bertz CT molecular complexity index is 894. The third-order valence-electron chi connectivity index (χ3n) is 6.52. The van der Waals surface area contributed by atoms with Crippen molar-refractivity contribution >= 4 is 17.7 Å². The molecule has 4 fully saturated rings. The van der Waals surface area contributed by atoms with Gasteiger partial charge in [-0.05, 0) is 19.3 Å². The molecular formula is C20H26N8O. The fourth-order valence-corrected chi connectivity index (χ4v) is 4.74. The summed E-state index contributed by atoms with van der Waals surface area (Å²) in [6.07, 6.45) is 7.59. The number of morpholine rings is 1. The van der Waals surface area contributed by atoms with Gasteiger partial charge in [-0.3, -0.25) is 4.90 Å². The number of nitrogens with zero attached hydrogens (tertiary/aromatic N) is 7. The van der Waals surface area contributed by atoms with E-state index in [0.29, 0.717) is 12.1 Å². The molecular weight excluding hydrogens is 368 g/mol. The number of hydrogen-bond donors (Lipinski definition) is 1. The second-order valence-electron chi connectivity index (χ2n) is 8.49. The molecule has 0 radical (unpaired) electrons. The summed E-state index contributed by atoms with van der Waals surface area (Å²) >= 11 is 0. The molecule has 2 N–H and O–H groups in total. The largest absolute Gasteiger partial charge is 0.374 e.